The Bertz CT molecular complexity index is 1350. The molecule has 0 bridgehead atoms. The molecule has 3 aromatic carbocycles. The minimum Gasteiger partial charge on any atom is -0.335 e. The Morgan fingerprint density at radius 3 is 2.33 bits per heavy atom. The molecule has 1 aliphatic heterocycles. The fraction of sp³-hybridized carbons (Fsp3) is 0.258. The monoisotopic (exact) mass is 495 g/mol. The molecule has 5 heteroatoms. The van der Waals surface area contributed by atoms with E-state index in [0.29, 0.717) is 0 Å². The molecule has 0 unspecified atom stereocenters. The van der Waals surface area contributed by atoms with Gasteiger partial charge in [-0.15, -0.1) is 0 Å². The van der Waals surface area contributed by atoms with E-state index in [-0.39, 0.29) is 0 Å². The number of thioether (sulfide) groups is 1. The summed E-state index contributed by atoms with van der Waals surface area (Å²) >= 11 is 1.86. The van der Waals surface area contributed by atoms with Crippen LogP contribution in [0, 0.1) is 0 Å². The van der Waals surface area contributed by atoms with Crippen LogP contribution in [0.1, 0.15) is 31.2 Å². The quantitative estimate of drug-likeness (QED) is 0.204. The fourth-order valence-corrected chi connectivity index (χ4v) is 6.09. The van der Waals surface area contributed by atoms with E-state index in [2.05, 4.69) is 100 Å². The predicted octanol–water partition coefficient (Wildman–Crippen LogP) is 6.18. The van der Waals surface area contributed by atoms with Crippen LogP contribution in [0.2, 0.25) is 0 Å². The van der Waals surface area contributed by atoms with Gasteiger partial charge in [0.2, 0.25) is 11.2 Å². The highest BCUT2D eigenvalue weighted by Gasteiger charge is 2.26. The Kier molecular flexibility index (Phi) is 8.01. The van der Waals surface area contributed by atoms with Crippen molar-refractivity contribution in [2.75, 3.05) is 24.5 Å². The molecule has 2 heterocycles. The molecule has 0 radical (unpaired) electrons. The molecule has 5 rings (SSSR count). The fourth-order valence-electron chi connectivity index (χ4n) is 4.95. The summed E-state index contributed by atoms with van der Waals surface area (Å²) < 4.78 is 2.47. The van der Waals surface area contributed by atoms with Crippen LogP contribution < -0.4 is 20.9 Å². The molecule has 0 aliphatic carbocycles. The number of hydrogen-bond donors (Lipinski definition) is 2. The number of pyridine rings is 1. The zero-order valence-electron chi connectivity index (χ0n) is 20.8. The summed E-state index contributed by atoms with van der Waals surface area (Å²) in [4.78, 5) is 3.78. The zero-order chi connectivity index (χ0) is 24.7. The van der Waals surface area contributed by atoms with Gasteiger partial charge >= 0.3 is 0 Å². The number of anilines is 1. The summed E-state index contributed by atoms with van der Waals surface area (Å²) in [5.41, 5.74) is 17.9. The first-order valence-electron chi connectivity index (χ1n) is 13.0. The van der Waals surface area contributed by atoms with Gasteiger partial charge in [-0.05, 0) is 74.3 Å². The molecule has 1 aromatic heterocycles. The lowest BCUT2D eigenvalue weighted by Crippen LogP contribution is -2.38. The maximum Gasteiger partial charge on any atom is 0.213 e. The van der Waals surface area contributed by atoms with Gasteiger partial charge in [-0.25, -0.2) is 0 Å². The third-order valence-electron chi connectivity index (χ3n) is 6.75. The van der Waals surface area contributed by atoms with Gasteiger partial charge in [0.05, 0.1) is 16.1 Å². The second-order valence-electron chi connectivity index (χ2n) is 9.22. The summed E-state index contributed by atoms with van der Waals surface area (Å²) in [5.74, 6) is 0. The summed E-state index contributed by atoms with van der Waals surface area (Å²) in [6, 6.07) is 30.6. The summed E-state index contributed by atoms with van der Waals surface area (Å²) in [7, 11) is 0. The van der Waals surface area contributed by atoms with Crippen molar-refractivity contribution in [1.82, 2.24) is 0 Å². The number of nitrogens with zero attached hydrogens (tertiary/aromatic N) is 2. The largest absolute Gasteiger partial charge is 0.335 e. The number of para-hydroxylation sites is 2. The molecular weight excluding hydrogens is 460 g/mol. The SMILES string of the molecule is NCCCCN1/C(=C\c2cc(-c3ccccc3)[n+](CCCCN)c3ccccc23)Sc2ccccc21. The van der Waals surface area contributed by atoms with Crippen molar-refractivity contribution in [3.8, 4) is 11.3 Å². The van der Waals surface area contributed by atoms with Crippen molar-refractivity contribution in [2.24, 2.45) is 11.5 Å². The average Bonchev–Trinajstić information content (AvgIpc) is 3.27. The minimum atomic E-state index is 0.723. The van der Waals surface area contributed by atoms with Gasteiger partial charge in [0.25, 0.3) is 0 Å². The van der Waals surface area contributed by atoms with Gasteiger partial charge in [-0.3, -0.25) is 0 Å². The predicted molar refractivity (Wildman–Crippen MR) is 154 cm³/mol. The van der Waals surface area contributed by atoms with E-state index >= 15 is 0 Å². The zero-order valence-corrected chi connectivity index (χ0v) is 21.6. The van der Waals surface area contributed by atoms with Gasteiger partial charge < -0.3 is 16.4 Å². The van der Waals surface area contributed by atoms with Gasteiger partial charge in [-0.1, -0.05) is 54.2 Å². The first-order valence-corrected chi connectivity index (χ1v) is 13.8. The topological polar surface area (TPSA) is 59.2 Å². The molecule has 1 aliphatic rings. The first-order chi connectivity index (χ1) is 17.8. The molecule has 0 saturated carbocycles. The van der Waals surface area contributed by atoms with Gasteiger partial charge in [-0.2, -0.15) is 4.57 Å². The third-order valence-corrected chi connectivity index (χ3v) is 7.86. The van der Waals surface area contributed by atoms with E-state index in [1.54, 1.807) is 0 Å². The lowest BCUT2D eigenvalue weighted by molar-refractivity contribution is -0.661. The maximum absolute atomic E-state index is 5.83. The van der Waals surface area contributed by atoms with Gasteiger partial charge in [0, 0.05) is 35.6 Å². The van der Waals surface area contributed by atoms with E-state index in [4.69, 9.17) is 11.5 Å². The van der Waals surface area contributed by atoms with Crippen LogP contribution in [0.4, 0.5) is 5.69 Å². The van der Waals surface area contributed by atoms with Crippen molar-refractivity contribution < 1.29 is 4.57 Å². The molecule has 0 fully saturated rings. The molecular formula is C31H35N4S+. The maximum atomic E-state index is 5.83. The second kappa shape index (κ2) is 11.7. The smallest absolute Gasteiger partial charge is 0.213 e. The Morgan fingerprint density at radius 2 is 1.50 bits per heavy atom. The van der Waals surface area contributed by atoms with Gasteiger partial charge in [0.15, 0.2) is 0 Å². The minimum absolute atomic E-state index is 0.723. The Balaban J connectivity index is 1.64. The average molecular weight is 496 g/mol. The second-order valence-corrected chi connectivity index (χ2v) is 10.3. The number of benzene rings is 3. The Morgan fingerprint density at radius 1 is 0.778 bits per heavy atom. The Labute approximate surface area is 218 Å². The molecule has 0 saturated heterocycles. The highest BCUT2D eigenvalue weighted by atomic mass is 32.2. The van der Waals surface area contributed by atoms with Crippen molar-refractivity contribution in [1.29, 1.82) is 0 Å². The molecule has 4 aromatic rings. The van der Waals surface area contributed by atoms with Crippen LogP contribution in [-0.2, 0) is 6.54 Å². The third kappa shape index (κ3) is 5.19. The number of fused-ring (bicyclic) bond motifs is 2. The van der Waals surface area contributed by atoms with E-state index in [9.17, 15) is 0 Å². The lowest BCUT2D eigenvalue weighted by atomic mass is 10.0. The molecule has 4 nitrogen and oxygen atoms in total. The van der Waals surface area contributed by atoms with Crippen molar-refractivity contribution in [3.05, 3.63) is 95.5 Å². The number of aromatic nitrogens is 1. The number of aryl methyl sites for hydroxylation is 1. The number of hydrogen-bond acceptors (Lipinski definition) is 4. The van der Waals surface area contributed by atoms with E-state index in [1.165, 1.54) is 43.3 Å². The van der Waals surface area contributed by atoms with Crippen molar-refractivity contribution in [2.45, 2.75) is 37.1 Å². The van der Waals surface area contributed by atoms with Crippen molar-refractivity contribution >= 4 is 34.4 Å². The van der Waals surface area contributed by atoms with E-state index in [1.807, 2.05) is 11.8 Å². The van der Waals surface area contributed by atoms with Crippen LogP contribution in [0.15, 0.2) is 94.9 Å². The van der Waals surface area contributed by atoms with Crippen LogP contribution in [0.3, 0.4) is 0 Å². The molecule has 4 N–H and O–H groups in total. The highest BCUT2D eigenvalue weighted by Crippen LogP contribution is 2.47. The van der Waals surface area contributed by atoms with Crippen molar-refractivity contribution in [3.63, 3.8) is 0 Å². The van der Waals surface area contributed by atoms with Gasteiger partial charge in [0.1, 0.15) is 6.54 Å². The molecule has 0 amide bonds. The van der Waals surface area contributed by atoms with Crippen LogP contribution >= 0.6 is 11.8 Å². The van der Waals surface area contributed by atoms with Crippen LogP contribution in [0.25, 0.3) is 28.2 Å². The standard InChI is InChI=1S/C31H35N4S/c32-18-8-10-20-34-27-15-5-4-14-26(27)25(22-29(34)24-12-2-1-3-13-24)23-31-35(21-11-9-19-33)28-16-6-7-17-30(28)36-31/h1-7,12-17,22-23H,8-11,18-21,32-33H2/q+1. The summed E-state index contributed by atoms with van der Waals surface area (Å²) in [6.07, 6.45) is 6.58. The van der Waals surface area contributed by atoms with E-state index in [0.717, 1.165) is 51.9 Å². The highest BCUT2D eigenvalue weighted by molar-refractivity contribution is 8.03. The van der Waals surface area contributed by atoms with Crippen LogP contribution in [-0.4, -0.2) is 19.6 Å². The first kappa shape index (κ1) is 24.6. The Hall–Kier alpha value is -3.12. The van der Waals surface area contributed by atoms with E-state index < -0.39 is 0 Å². The number of nitrogens with two attached hydrogens (primary N) is 2. The molecule has 0 spiro atoms. The van der Waals surface area contributed by atoms with Crippen LogP contribution in [0.5, 0.6) is 0 Å². The molecule has 0 atom stereocenters. The summed E-state index contributed by atoms with van der Waals surface area (Å²) in [5, 5.41) is 2.55. The number of unbranched alkanes of at least 4 members (excludes halogenated alkanes) is 2. The number of rotatable bonds is 10. The molecule has 184 valence electrons. The summed E-state index contributed by atoms with van der Waals surface area (Å²) in [6.45, 7) is 3.38. The normalized spacial score (nSPS) is 14.1. The lowest BCUT2D eigenvalue weighted by Gasteiger charge is -2.20. The molecule has 36 heavy (non-hydrogen) atoms.